The van der Waals surface area contributed by atoms with Crippen molar-refractivity contribution in [3.05, 3.63) is 69.2 Å². The molecule has 0 aromatic heterocycles. The van der Waals surface area contributed by atoms with Crippen molar-refractivity contribution in [2.45, 2.75) is 13.0 Å². The number of hydrogen-bond acceptors (Lipinski definition) is 2. The predicted molar refractivity (Wildman–Crippen MR) is 74.4 cm³/mol. The molecule has 5 heteroatoms. The van der Waals surface area contributed by atoms with E-state index in [1.54, 1.807) is 6.07 Å². The Morgan fingerprint density at radius 2 is 1.79 bits per heavy atom. The molecular formula is C14H13BrF2N2. The minimum absolute atomic E-state index is 0.0776. The van der Waals surface area contributed by atoms with Gasteiger partial charge in [-0.3, -0.25) is 5.84 Å². The van der Waals surface area contributed by atoms with E-state index in [2.05, 4.69) is 21.4 Å². The van der Waals surface area contributed by atoms with E-state index in [0.29, 0.717) is 0 Å². The first-order valence-electron chi connectivity index (χ1n) is 5.70. The Kier molecular flexibility index (Phi) is 4.29. The SMILES string of the molecule is Cc1ccc(Br)cc1C(NN)c1c(F)cccc1F. The number of nitrogens with one attached hydrogen (secondary N) is 1. The maximum atomic E-state index is 13.9. The highest BCUT2D eigenvalue weighted by molar-refractivity contribution is 9.10. The lowest BCUT2D eigenvalue weighted by atomic mass is 9.95. The largest absolute Gasteiger partial charge is 0.271 e. The second-order valence-corrected chi connectivity index (χ2v) is 5.15. The minimum Gasteiger partial charge on any atom is -0.271 e. The van der Waals surface area contributed by atoms with E-state index in [-0.39, 0.29) is 5.56 Å². The van der Waals surface area contributed by atoms with Crippen molar-refractivity contribution in [1.82, 2.24) is 5.43 Å². The predicted octanol–water partition coefficient (Wildman–Crippen LogP) is 3.59. The summed E-state index contributed by atoms with van der Waals surface area (Å²) < 4.78 is 28.5. The summed E-state index contributed by atoms with van der Waals surface area (Å²) in [6.45, 7) is 1.87. The Labute approximate surface area is 118 Å². The Bertz CT molecular complexity index is 582. The molecule has 19 heavy (non-hydrogen) atoms. The van der Waals surface area contributed by atoms with Crippen LogP contribution < -0.4 is 11.3 Å². The Morgan fingerprint density at radius 1 is 1.16 bits per heavy atom. The zero-order valence-electron chi connectivity index (χ0n) is 10.3. The topological polar surface area (TPSA) is 38.0 Å². The average molecular weight is 327 g/mol. The van der Waals surface area contributed by atoms with Gasteiger partial charge in [-0.15, -0.1) is 0 Å². The summed E-state index contributed by atoms with van der Waals surface area (Å²) in [6, 6.07) is 8.55. The van der Waals surface area contributed by atoms with Gasteiger partial charge in [-0.2, -0.15) is 0 Å². The van der Waals surface area contributed by atoms with E-state index in [1.807, 2.05) is 19.1 Å². The van der Waals surface area contributed by atoms with Gasteiger partial charge in [0.2, 0.25) is 0 Å². The fraction of sp³-hybridized carbons (Fsp3) is 0.143. The number of aryl methyl sites for hydroxylation is 1. The first kappa shape index (κ1) is 14.1. The van der Waals surface area contributed by atoms with E-state index < -0.39 is 17.7 Å². The molecule has 1 unspecified atom stereocenters. The fourth-order valence-electron chi connectivity index (χ4n) is 2.04. The summed E-state index contributed by atoms with van der Waals surface area (Å²) in [4.78, 5) is 0. The molecule has 0 aliphatic heterocycles. The van der Waals surface area contributed by atoms with Crippen molar-refractivity contribution in [1.29, 1.82) is 0 Å². The Hall–Kier alpha value is -1.30. The number of hydrazine groups is 1. The molecule has 100 valence electrons. The normalized spacial score (nSPS) is 12.5. The molecule has 0 bridgehead atoms. The molecule has 0 fully saturated rings. The average Bonchev–Trinajstić information content (AvgIpc) is 2.37. The molecule has 2 aromatic carbocycles. The zero-order chi connectivity index (χ0) is 14.0. The van der Waals surface area contributed by atoms with Crippen molar-refractivity contribution in [3.63, 3.8) is 0 Å². The molecule has 0 aliphatic carbocycles. The van der Waals surface area contributed by atoms with Gasteiger partial charge < -0.3 is 0 Å². The van der Waals surface area contributed by atoms with Gasteiger partial charge >= 0.3 is 0 Å². The van der Waals surface area contributed by atoms with Crippen LogP contribution >= 0.6 is 15.9 Å². The van der Waals surface area contributed by atoms with Gasteiger partial charge in [0, 0.05) is 10.0 Å². The van der Waals surface area contributed by atoms with Gasteiger partial charge in [0.25, 0.3) is 0 Å². The highest BCUT2D eigenvalue weighted by atomic mass is 79.9. The maximum absolute atomic E-state index is 13.9. The summed E-state index contributed by atoms with van der Waals surface area (Å²) >= 11 is 3.35. The lowest BCUT2D eigenvalue weighted by Crippen LogP contribution is -2.30. The monoisotopic (exact) mass is 326 g/mol. The molecule has 0 heterocycles. The fourth-order valence-corrected chi connectivity index (χ4v) is 2.42. The molecule has 0 saturated heterocycles. The van der Waals surface area contributed by atoms with Crippen LogP contribution in [0.3, 0.4) is 0 Å². The third-order valence-electron chi connectivity index (χ3n) is 3.01. The first-order chi connectivity index (χ1) is 9.04. The molecule has 0 radical (unpaired) electrons. The first-order valence-corrected chi connectivity index (χ1v) is 6.50. The van der Waals surface area contributed by atoms with Crippen LogP contribution in [0.25, 0.3) is 0 Å². The smallest absolute Gasteiger partial charge is 0.131 e. The van der Waals surface area contributed by atoms with Crippen LogP contribution in [-0.2, 0) is 0 Å². The van der Waals surface area contributed by atoms with Gasteiger partial charge in [0.15, 0.2) is 0 Å². The van der Waals surface area contributed by atoms with Crippen molar-refractivity contribution < 1.29 is 8.78 Å². The molecule has 1 atom stereocenters. The zero-order valence-corrected chi connectivity index (χ0v) is 11.8. The summed E-state index contributed by atoms with van der Waals surface area (Å²) in [5.41, 5.74) is 4.03. The van der Waals surface area contributed by atoms with Gasteiger partial charge in [0.05, 0.1) is 6.04 Å². The molecule has 2 rings (SSSR count). The molecule has 0 amide bonds. The van der Waals surface area contributed by atoms with E-state index in [4.69, 9.17) is 5.84 Å². The van der Waals surface area contributed by atoms with Crippen LogP contribution in [0.4, 0.5) is 8.78 Å². The summed E-state index contributed by atoms with van der Waals surface area (Å²) in [7, 11) is 0. The van der Waals surface area contributed by atoms with E-state index >= 15 is 0 Å². The molecule has 2 nitrogen and oxygen atoms in total. The van der Waals surface area contributed by atoms with Gasteiger partial charge in [-0.25, -0.2) is 14.2 Å². The van der Waals surface area contributed by atoms with Crippen LogP contribution in [0.1, 0.15) is 22.7 Å². The number of rotatable bonds is 3. The number of hydrogen-bond donors (Lipinski definition) is 2. The highest BCUT2D eigenvalue weighted by Crippen LogP contribution is 2.30. The van der Waals surface area contributed by atoms with Crippen LogP contribution in [0.2, 0.25) is 0 Å². The highest BCUT2D eigenvalue weighted by Gasteiger charge is 2.22. The van der Waals surface area contributed by atoms with Crippen LogP contribution in [0, 0.1) is 18.6 Å². The van der Waals surface area contributed by atoms with Crippen LogP contribution in [0.15, 0.2) is 40.9 Å². The van der Waals surface area contributed by atoms with Gasteiger partial charge in [-0.1, -0.05) is 28.1 Å². The second kappa shape index (κ2) is 5.77. The van der Waals surface area contributed by atoms with E-state index in [9.17, 15) is 8.78 Å². The van der Waals surface area contributed by atoms with Crippen molar-refractivity contribution in [2.75, 3.05) is 0 Å². The molecule has 3 N–H and O–H groups in total. The van der Waals surface area contributed by atoms with Crippen LogP contribution in [-0.4, -0.2) is 0 Å². The van der Waals surface area contributed by atoms with Gasteiger partial charge in [0.1, 0.15) is 11.6 Å². The van der Waals surface area contributed by atoms with Crippen LogP contribution in [0.5, 0.6) is 0 Å². The summed E-state index contributed by atoms with van der Waals surface area (Å²) in [5.74, 6) is 4.25. The number of benzene rings is 2. The van der Waals surface area contributed by atoms with Crippen molar-refractivity contribution in [2.24, 2.45) is 5.84 Å². The molecule has 0 saturated carbocycles. The van der Waals surface area contributed by atoms with Crippen molar-refractivity contribution in [3.8, 4) is 0 Å². The molecule has 0 aliphatic rings. The molecule has 0 spiro atoms. The number of halogens is 3. The quantitative estimate of drug-likeness (QED) is 0.668. The summed E-state index contributed by atoms with van der Waals surface area (Å²) in [5, 5.41) is 0. The standard InChI is InChI=1S/C14H13BrF2N2/c1-8-5-6-9(15)7-10(8)14(19-18)13-11(16)3-2-4-12(13)17/h2-7,14,19H,18H2,1H3. The van der Waals surface area contributed by atoms with Crippen molar-refractivity contribution >= 4 is 15.9 Å². The summed E-state index contributed by atoms with van der Waals surface area (Å²) in [6.07, 6.45) is 0. The van der Waals surface area contributed by atoms with E-state index in [1.165, 1.54) is 18.2 Å². The Balaban J connectivity index is 2.59. The minimum atomic E-state index is -0.737. The second-order valence-electron chi connectivity index (χ2n) is 4.24. The van der Waals surface area contributed by atoms with E-state index in [0.717, 1.165) is 15.6 Å². The van der Waals surface area contributed by atoms with Gasteiger partial charge in [-0.05, 0) is 42.3 Å². The Morgan fingerprint density at radius 3 is 2.37 bits per heavy atom. The third-order valence-corrected chi connectivity index (χ3v) is 3.50. The molecular weight excluding hydrogens is 314 g/mol. The molecule has 2 aromatic rings. The lowest BCUT2D eigenvalue weighted by Gasteiger charge is -2.20. The number of nitrogens with two attached hydrogens (primary N) is 1. The maximum Gasteiger partial charge on any atom is 0.131 e. The lowest BCUT2D eigenvalue weighted by molar-refractivity contribution is 0.509. The third kappa shape index (κ3) is 2.83.